The van der Waals surface area contributed by atoms with Crippen LogP contribution in [0.25, 0.3) is 11.2 Å². The monoisotopic (exact) mass is 288 g/mol. The summed E-state index contributed by atoms with van der Waals surface area (Å²) in [5, 5.41) is 27.4. The van der Waals surface area contributed by atoms with Gasteiger partial charge in [0.2, 0.25) is 5.65 Å². The van der Waals surface area contributed by atoms with Crippen LogP contribution < -0.4 is 10.2 Å². The molecule has 3 N–H and O–H groups in total. The Hall–Kier alpha value is -3.10. The molecule has 0 atom stereocenters. The average Bonchev–Trinajstić information content (AvgIpc) is 2.91. The fraction of sp³-hybridized carbons (Fsp3) is 0.167. The lowest BCUT2D eigenvalue weighted by Crippen LogP contribution is -2.16. The van der Waals surface area contributed by atoms with Gasteiger partial charge in [-0.15, -0.1) is 9.89 Å². The number of phenols is 2. The first-order valence-corrected chi connectivity index (χ1v) is 6.03. The maximum Gasteiger partial charge on any atom is 0.204 e. The van der Waals surface area contributed by atoms with Crippen molar-refractivity contribution >= 4 is 11.2 Å². The van der Waals surface area contributed by atoms with Crippen LogP contribution in [0.2, 0.25) is 0 Å². The molecule has 9 heteroatoms. The minimum Gasteiger partial charge on any atom is -0.507 e. The summed E-state index contributed by atoms with van der Waals surface area (Å²) in [4.78, 5) is 9.27. The van der Waals surface area contributed by atoms with Gasteiger partial charge < -0.3 is 20.4 Å². The van der Waals surface area contributed by atoms with Crippen molar-refractivity contribution in [1.29, 1.82) is 0 Å². The predicted molar refractivity (Wildman–Crippen MR) is 72.5 cm³/mol. The number of rotatable bonds is 4. The van der Waals surface area contributed by atoms with Crippen LogP contribution in [0.15, 0.2) is 24.7 Å². The molecule has 9 nitrogen and oxygen atoms in total. The maximum absolute atomic E-state index is 9.89. The van der Waals surface area contributed by atoms with Gasteiger partial charge in [0, 0.05) is 11.6 Å². The molecule has 2 aromatic heterocycles. The van der Waals surface area contributed by atoms with Gasteiger partial charge in [-0.2, -0.15) is 0 Å². The largest absolute Gasteiger partial charge is 0.507 e. The van der Waals surface area contributed by atoms with Gasteiger partial charge in [0.25, 0.3) is 0 Å². The van der Waals surface area contributed by atoms with E-state index in [9.17, 15) is 10.2 Å². The number of aromatic nitrogens is 5. The van der Waals surface area contributed by atoms with Crippen molar-refractivity contribution in [1.82, 2.24) is 25.1 Å². The van der Waals surface area contributed by atoms with Gasteiger partial charge in [0.1, 0.15) is 12.1 Å². The summed E-state index contributed by atoms with van der Waals surface area (Å²) >= 11 is 0. The summed E-state index contributed by atoms with van der Waals surface area (Å²) in [6.07, 6.45) is 2.94. The minimum atomic E-state index is -0.0575. The Morgan fingerprint density at radius 2 is 2.14 bits per heavy atom. The van der Waals surface area contributed by atoms with Crippen molar-refractivity contribution in [3.05, 3.63) is 30.2 Å². The molecule has 21 heavy (non-hydrogen) atoms. The highest BCUT2D eigenvalue weighted by molar-refractivity contribution is 5.67. The van der Waals surface area contributed by atoms with Crippen molar-refractivity contribution < 1.29 is 14.9 Å². The number of hydrogen-bond acceptors (Lipinski definition) is 8. The number of hydrogen-bond donors (Lipinski definition) is 3. The molecule has 1 aromatic carbocycles. The van der Waals surface area contributed by atoms with Crippen LogP contribution in [0.1, 0.15) is 5.56 Å². The third-order valence-corrected chi connectivity index (χ3v) is 2.91. The van der Waals surface area contributed by atoms with E-state index in [4.69, 9.17) is 4.74 Å². The number of benzene rings is 1. The highest BCUT2D eigenvalue weighted by Crippen LogP contribution is 2.33. The summed E-state index contributed by atoms with van der Waals surface area (Å²) in [6.45, 7) is 0.214. The van der Waals surface area contributed by atoms with Gasteiger partial charge in [-0.25, -0.2) is 9.97 Å². The minimum absolute atomic E-state index is 0.00352. The highest BCUT2D eigenvalue weighted by atomic mass is 16.5. The van der Waals surface area contributed by atoms with E-state index < -0.39 is 0 Å². The Balaban J connectivity index is 1.83. The highest BCUT2D eigenvalue weighted by Gasteiger charge is 2.10. The van der Waals surface area contributed by atoms with E-state index in [0.29, 0.717) is 16.7 Å². The van der Waals surface area contributed by atoms with Gasteiger partial charge >= 0.3 is 0 Å². The second-order valence-corrected chi connectivity index (χ2v) is 4.22. The van der Waals surface area contributed by atoms with Crippen molar-refractivity contribution in [3.8, 4) is 17.2 Å². The van der Waals surface area contributed by atoms with E-state index in [2.05, 4.69) is 25.7 Å². The third kappa shape index (κ3) is 2.36. The molecule has 3 rings (SSSR count). The van der Waals surface area contributed by atoms with E-state index in [1.54, 1.807) is 6.20 Å². The fourth-order valence-electron chi connectivity index (χ4n) is 1.86. The van der Waals surface area contributed by atoms with E-state index in [0.717, 1.165) is 0 Å². The molecule has 0 spiro atoms. The van der Waals surface area contributed by atoms with Gasteiger partial charge in [-0.05, 0) is 11.3 Å². The number of nitrogens with one attached hydrogen (secondary N) is 1. The smallest absolute Gasteiger partial charge is 0.204 e. The quantitative estimate of drug-likeness (QED) is 0.590. The van der Waals surface area contributed by atoms with Crippen molar-refractivity contribution in [3.63, 3.8) is 0 Å². The van der Waals surface area contributed by atoms with Gasteiger partial charge in [-0.3, -0.25) is 0 Å². The molecule has 0 aliphatic carbocycles. The first kappa shape index (κ1) is 12.9. The van der Waals surface area contributed by atoms with Crippen molar-refractivity contribution in [2.24, 2.45) is 0 Å². The lowest BCUT2D eigenvalue weighted by Gasteiger charge is -2.10. The molecule has 0 saturated carbocycles. The van der Waals surface area contributed by atoms with Gasteiger partial charge in [0.05, 0.1) is 19.9 Å². The van der Waals surface area contributed by atoms with Crippen LogP contribution in [0, 0.1) is 0 Å². The molecule has 0 aliphatic heterocycles. The average molecular weight is 288 g/mol. The predicted octanol–water partition coefficient (Wildman–Crippen LogP) is 0.385. The van der Waals surface area contributed by atoms with Gasteiger partial charge in [0.15, 0.2) is 17.0 Å². The van der Waals surface area contributed by atoms with E-state index in [-0.39, 0.29) is 23.8 Å². The Kier molecular flexibility index (Phi) is 3.14. The molecule has 0 radical (unpaired) electrons. The van der Waals surface area contributed by atoms with E-state index >= 15 is 0 Å². The summed E-state index contributed by atoms with van der Waals surface area (Å²) in [5.41, 5.74) is 4.47. The van der Waals surface area contributed by atoms with Crippen molar-refractivity contribution in [2.75, 3.05) is 12.5 Å². The zero-order valence-electron chi connectivity index (χ0n) is 11.1. The van der Waals surface area contributed by atoms with Crippen molar-refractivity contribution in [2.45, 2.75) is 6.54 Å². The normalized spacial score (nSPS) is 10.7. The van der Waals surface area contributed by atoms with E-state index in [1.807, 2.05) is 0 Å². The molecule has 0 bridgehead atoms. The SMILES string of the molecule is COc1cc(O)c(CNn2nnc3cncnc32)cc1O. The molecule has 0 unspecified atom stereocenters. The lowest BCUT2D eigenvalue weighted by atomic mass is 10.2. The number of phenolic OH excluding ortho intramolecular Hbond substituents is 2. The van der Waals surface area contributed by atoms with Crippen LogP contribution in [0.3, 0.4) is 0 Å². The summed E-state index contributed by atoms with van der Waals surface area (Å²) in [7, 11) is 1.41. The molecule has 0 fully saturated rings. The van der Waals surface area contributed by atoms with Crippen LogP contribution in [0.4, 0.5) is 0 Å². The van der Waals surface area contributed by atoms with Crippen LogP contribution in [0.5, 0.6) is 17.2 Å². The molecule has 0 amide bonds. The maximum atomic E-state index is 9.89. The topological polar surface area (TPSA) is 118 Å². The molecule has 3 aromatic rings. The summed E-state index contributed by atoms with van der Waals surface area (Å²) in [5.74, 6) is 0.143. The van der Waals surface area contributed by atoms with Gasteiger partial charge in [-0.1, -0.05) is 0 Å². The first-order chi connectivity index (χ1) is 10.2. The molecule has 108 valence electrons. The van der Waals surface area contributed by atoms with Crippen LogP contribution >= 0.6 is 0 Å². The summed E-state index contributed by atoms with van der Waals surface area (Å²) in [6, 6.07) is 2.75. The molecule has 2 heterocycles. The number of fused-ring (bicyclic) bond motifs is 1. The second kappa shape index (κ2) is 5.12. The zero-order chi connectivity index (χ0) is 14.8. The Labute approximate surface area is 118 Å². The lowest BCUT2D eigenvalue weighted by molar-refractivity contribution is 0.367. The number of ether oxygens (including phenoxy) is 1. The molecule has 0 saturated heterocycles. The number of methoxy groups -OCH3 is 1. The fourth-order valence-corrected chi connectivity index (χ4v) is 1.86. The molecule has 0 aliphatic rings. The Bertz CT molecular complexity index is 788. The first-order valence-electron chi connectivity index (χ1n) is 6.03. The number of aromatic hydroxyl groups is 2. The van der Waals surface area contributed by atoms with E-state index in [1.165, 1.54) is 30.4 Å². The number of nitrogens with zero attached hydrogens (tertiary/aromatic N) is 5. The zero-order valence-corrected chi connectivity index (χ0v) is 11.1. The second-order valence-electron chi connectivity index (χ2n) is 4.22. The summed E-state index contributed by atoms with van der Waals surface area (Å²) < 4.78 is 4.91. The van der Waals surface area contributed by atoms with Crippen LogP contribution in [-0.2, 0) is 6.54 Å². The Morgan fingerprint density at radius 3 is 2.95 bits per heavy atom. The third-order valence-electron chi connectivity index (χ3n) is 2.91. The Morgan fingerprint density at radius 1 is 1.29 bits per heavy atom. The van der Waals surface area contributed by atoms with Crippen LogP contribution in [-0.4, -0.2) is 42.4 Å². The standard InChI is InChI=1S/C12H12N6O3/c1-21-11-3-9(19)7(2-10(11)20)4-15-18-12-8(16-17-18)5-13-6-14-12/h2-3,5-6,15,19-20H,4H2,1H3. The molecular formula is C12H12N6O3. The molecular weight excluding hydrogens is 276 g/mol.